The van der Waals surface area contributed by atoms with Gasteiger partial charge >= 0.3 is 5.56 Å². The number of aromatic hydroxyl groups is 1. The lowest BCUT2D eigenvalue weighted by atomic mass is 10.1. The Morgan fingerprint density at radius 1 is 1.04 bits per heavy atom. The van der Waals surface area contributed by atoms with Crippen LogP contribution >= 0.6 is 0 Å². The second kappa shape index (κ2) is 6.92. The minimum Gasteiger partial charge on any atom is -0.493 e. The first-order valence-electron chi connectivity index (χ1n) is 8.30. The lowest BCUT2D eigenvalue weighted by molar-refractivity contribution is -0.597. The number of nitrogens with one attached hydrogen (secondary N) is 1. The van der Waals surface area contributed by atoms with Crippen LogP contribution in [0.15, 0.2) is 57.7 Å². The molecule has 6 nitrogen and oxygen atoms in total. The molecule has 0 unspecified atom stereocenters. The molecule has 0 bridgehead atoms. The highest BCUT2D eigenvalue weighted by atomic mass is 16.3. The third-order valence-corrected chi connectivity index (χ3v) is 4.20. The van der Waals surface area contributed by atoms with E-state index in [4.69, 9.17) is 0 Å². The molecule has 2 aromatic heterocycles. The largest absolute Gasteiger partial charge is 0.493 e. The Hall–Kier alpha value is -3.28. The predicted octanol–water partition coefficient (Wildman–Crippen LogP) is 4.01. The number of rotatable bonds is 3. The third kappa shape index (κ3) is 3.39. The highest BCUT2D eigenvalue weighted by Crippen LogP contribution is 2.31. The van der Waals surface area contributed by atoms with Crippen molar-refractivity contribution in [2.75, 3.05) is 0 Å². The van der Waals surface area contributed by atoms with Crippen LogP contribution in [0, 0.1) is 27.7 Å². The van der Waals surface area contributed by atoms with Gasteiger partial charge in [0, 0.05) is 11.6 Å². The summed E-state index contributed by atoms with van der Waals surface area (Å²) in [6.45, 7) is 7.66. The minimum absolute atomic E-state index is 0.244. The molecule has 132 valence electrons. The zero-order valence-corrected chi connectivity index (χ0v) is 15.2. The summed E-state index contributed by atoms with van der Waals surface area (Å²) in [5.41, 5.74) is 4.67. The van der Waals surface area contributed by atoms with Crippen LogP contribution in [0.5, 0.6) is 5.88 Å². The Kier molecular flexibility index (Phi) is 4.67. The van der Waals surface area contributed by atoms with Crippen LogP contribution in [0.2, 0.25) is 0 Å². The van der Waals surface area contributed by atoms with Gasteiger partial charge in [-0.25, -0.2) is 0 Å². The van der Waals surface area contributed by atoms with Gasteiger partial charge in [-0.15, -0.1) is 5.11 Å². The molecule has 6 heteroatoms. The number of aromatic amines is 1. The SMILES string of the molecule is Cc1ccc(/N=N/c2c(O)[nH]c(=O)c(-[n+]3cccc(C)c3)c2C)c(C)c1. The van der Waals surface area contributed by atoms with E-state index in [1.807, 2.05) is 57.3 Å². The van der Waals surface area contributed by atoms with Gasteiger partial charge in [0.25, 0.3) is 5.69 Å². The first-order chi connectivity index (χ1) is 12.4. The molecule has 0 atom stereocenters. The Labute approximate surface area is 151 Å². The zero-order chi connectivity index (χ0) is 18.8. The molecule has 3 rings (SSSR count). The molecule has 0 aliphatic heterocycles. The summed E-state index contributed by atoms with van der Waals surface area (Å²) >= 11 is 0. The van der Waals surface area contributed by atoms with Crippen LogP contribution in [0.3, 0.4) is 0 Å². The maximum absolute atomic E-state index is 12.4. The minimum atomic E-state index is -0.388. The standard InChI is InChI=1S/C20H20N4O2/c1-12-7-8-16(14(3)10-12)22-23-17-15(4)18(20(26)21-19(17)25)24-9-5-6-13(2)11-24/h5-11H,1-4H3,(H-,21,22,25,26)/p+1. The van der Waals surface area contributed by atoms with E-state index in [1.165, 1.54) is 0 Å². The van der Waals surface area contributed by atoms with Crippen molar-refractivity contribution in [3.63, 3.8) is 0 Å². The molecule has 0 spiro atoms. The lowest BCUT2D eigenvalue weighted by Crippen LogP contribution is -2.38. The number of nitrogens with zero attached hydrogens (tertiary/aromatic N) is 3. The van der Waals surface area contributed by atoms with Crippen molar-refractivity contribution in [1.82, 2.24) is 4.98 Å². The van der Waals surface area contributed by atoms with Crippen molar-refractivity contribution in [2.24, 2.45) is 10.2 Å². The summed E-state index contributed by atoms with van der Waals surface area (Å²) in [6.07, 6.45) is 3.63. The van der Waals surface area contributed by atoms with E-state index in [0.29, 0.717) is 16.9 Å². The van der Waals surface area contributed by atoms with Gasteiger partial charge in [0.15, 0.2) is 18.1 Å². The van der Waals surface area contributed by atoms with Gasteiger partial charge < -0.3 is 5.11 Å². The normalized spacial score (nSPS) is 11.2. The second-order valence-corrected chi connectivity index (χ2v) is 6.40. The molecular weight excluding hydrogens is 328 g/mol. The number of aryl methyl sites for hydroxylation is 3. The van der Waals surface area contributed by atoms with Gasteiger partial charge in [0.1, 0.15) is 0 Å². The van der Waals surface area contributed by atoms with Crippen molar-refractivity contribution in [2.45, 2.75) is 27.7 Å². The fourth-order valence-corrected chi connectivity index (χ4v) is 2.87. The predicted molar refractivity (Wildman–Crippen MR) is 99.8 cm³/mol. The molecule has 0 aliphatic carbocycles. The number of hydrogen-bond donors (Lipinski definition) is 2. The average molecular weight is 349 g/mol. The number of azo groups is 1. The third-order valence-electron chi connectivity index (χ3n) is 4.20. The van der Waals surface area contributed by atoms with E-state index < -0.39 is 0 Å². The maximum Gasteiger partial charge on any atom is 0.323 e. The molecule has 0 radical (unpaired) electrons. The van der Waals surface area contributed by atoms with E-state index in [0.717, 1.165) is 16.7 Å². The monoisotopic (exact) mass is 349 g/mol. The maximum atomic E-state index is 12.4. The van der Waals surface area contributed by atoms with Crippen molar-refractivity contribution in [1.29, 1.82) is 0 Å². The number of benzene rings is 1. The van der Waals surface area contributed by atoms with E-state index >= 15 is 0 Å². The van der Waals surface area contributed by atoms with Crippen molar-refractivity contribution >= 4 is 11.4 Å². The number of aromatic nitrogens is 2. The van der Waals surface area contributed by atoms with E-state index in [1.54, 1.807) is 17.7 Å². The zero-order valence-electron chi connectivity index (χ0n) is 15.2. The van der Waals surface area contributed by atoms with E-state index in [9.17, 15) is 9.90 Å². The van der Waals surface area contributed by atoms with Gasteiger partial charge in [0.2, 0.25) is 5.88 Å². The summed E-state index contributed by atoms with van der Waals surface area (Å²) < 4.78 is 1.72. The van der Waals surface area contributed by atoms with E-state index in [2.05, 4.69) is 15.2 Å². The molecular formula is C20H21N4O2+. The first kappa shape index (κ1) is 17.5. The summed E-state index contributed by atoms with van der Waals surface area (Å²) in [5, 5.41) is 18.6. The van der Waals surface area contributed by atoms with Crippen LogP contribution in [0.25, 0.3) is 5.69 Å². The van der Waals surface area contributed by atoms with Gasteiger partial charge in [-0.2, -0.15) is 9.68 Å². The summed E-state index contributed by atoms with van der Waals surface area (Å²) in [6, 6.07) is 9.65. The topological polar surface area (TPSA) is 81.7 Å². The van der Waals surface area contributed by atoms with Crippen LogP contribution in [0.1, 0.15) is 22.3 Å². The molecule has 2 heterocycles. The Morgan fingerprint density at radius 3 is 2.50 bits per heavy atom. The fraction of sp³-hybridized carbons (Fsp3) is 0.200. The van der Waals surface area contributed by atoms with Crippen LogP contribution in [-0.4, -0.2) is 10.1 Å². The quantitative estimate of drug-likeness (QED) is 0.553. The molecule has 0 aliphatic rings. The smallest absolute Gasteiger partial charge is 0.323 e. The number of H-pyrrole nitrogens is 1. The molecule has 2 N–H and O–H groups in total. The molecule has 0 amide bonds. The molecule has 1 aromatic carbocycles. The molecule has 0 fully saturated rings. The molecule has 0 saturated heterocycles. The van der Waals surface area contributed by atoms with Gasteiger partial charge in [-0.1, -0.05) is 17.7 Å². The van der Waals surface area contributed by atoms with Gasteiger partial charge in [0.05, 0.1) is 11.3 Å². The summed E-state index contributed by atoms with van der Waals surface area (Å²) in [4.78, 5) is 14.8. The van der Waals surface area contributed by atoms with Crippen LogP contribution < -0.4 is 10.1 Å². The average Bonchev–Trinajstić information content (AvgIpc) is 2.56. The molecule has 0 saturated carbocycles. The van der Waals surface area contributed by atoms with Crippen LogP contribution in [-0.2, 0) is 0 Å². The van der Waals surface area contributed by atoms with Gasteiger partial charge in [-0.05, 0) is 45.4 Å². The number of hydrogen-bond acceptors (Lipinski definition) is 4. The first-order valence-corrected chi connectivity index (χ1v) is 8.30. The Bertz CT molecular complexity index is 1070. The van der Waals surface area contributed by atoms with Crippen molar-refractivity contribution < 1.29 is 9.67 Å². The Morgan fingerprint density at radius 2 is 1.81 bits per heavy atom. The van der Waals surface area contributed by atoms with E-state index in [-0.39, 0.29) is 17.1 Å². The fourth-order valence-electron chi connectivity index (χ4n) is 2.87. The molecule has 26 heavy (non-hydrogen) atoms. The highest BCUT2D eigenvalue weighted by Gasteiger charge is 2.22. The van der Waals surface area contributed by atoms with Crippen molar-refractivity contribution in [3.8, 4) is 11.6 Å². The summed E-state index contributed by atoms with van der Waals surface area (Å²) in [7, 11) is 0. The van der Waals surface area contributed by atoms with Crippen molar-refractivity contribution in [3.05, 3.63) is 75.3 Å². The lowest BCUT2D eigenvalue weighted by Gasteiger charge is -2.05. The highest BCUT2D eigenvalue weighted by molar-refractivity contribution is 5.58. The van der Waals surface area contributed by atoms with Crippen LogP contribution in [0.4, 0.5) is 11.4 Å². The van der Waals surface area contributed by atoms with Gasteiger partial charge in [-0.3, -0.25) is 9.78 Å². The molecule has 3 aromatic rings. The summed E-state index contributed by atoms with van der Waals surface area (Å²) in [5.74, 6) is -0.294. The Balaban J connectivity index is 2.12. The second-order valence-electron chi connectivity index (χ2n) is 6.40. The number of pyridine rings is 2.